The van der Waals surface area contributed by atoms with Crippen LogP contribution >= 0.6 is 0 Å². The van der Waals surface area contributed by atoms with E-state index in [0.29, 0.717) is 29.2 Å². The van der Waals surface area contributed by atoms with E-state index in [2.05, 4.69) is 15.6 Å². The molecular weight excluding hydrogens is 252 g/mol. The molecule has 0 saturated heterocycles. The lowest BCUT2D eigenvalue weighted by atomic mass is 10.2. The first kappa shape index (κ1) is 13.6. The summed E-state index contributed by atoms with van der Waals surface area (Å²) in [6.45, 7) is 2.62. The van der Waals surface area contributed by atoms with Crippen LogP contribution in [0.1, 0.15) is 22.8 Å². The summed E-state index contributed by atoms with van der Waals surface area (Å²) in [6, 6.07) is 12.2. The Morgan fingerprint density at radius 1 is 1.35 bits per heavy atom. The van der Waals surface area contributed by atoms with E-state index in [1.807, 2.05) is 13.0 Å². The minimum absolute atomic E-state index is 0.260. The van der Waals surface area contributed by atoms with Crippen LogP contribution in [-0.4, -0.2) is 17.4 Å². The number of amides is 1. The number of nitrogens with one attached hydrogen (secondary N) is 2. The smallest absolute Gasteiger partial charge is 0.259 e. The van der Waals surface area contributed by atoms with Crippen molar-refractivity contribution in [1.29, 1.82) is 5.26 Å². The summed E-state index contributed by atoms with van der Waals surface area (Å²) >= 11 is 0. The van der Waals surface area contributed by atoms with Crippen LogP contribution in [0.5, 0.6) is 0 Å². The quantitative estimate of drug-likeness (QED) is 0.891. The number of carbonyl (C=O) groups is 1. The molecule has 100 valence electrons. The van der Waals surface area contributed by atoms with E-state index in [4.69, 9.17) is 5.26 Å². The maximum absolute atomic E-state index is 12.2. The number of aromatic nitrogens is 1. The van der Waals surface area contributed by atoms with Crippen molar-refractivity contribution in [3.63, 3.8) is 0 Å². The van der Waals surface area contributed by atoms with Crippen molar-refractivity contribution >= 4 is 17.4 Å². The number of hydrogen-bond acceptors (Lipinski definition) is 4. The average Bonchev–Trinajstić information content (AvgIpc) is 2.48. The number of benzene rings is 1. The van der Waals surface area contributed by atoms with Gasteiger partial charge in [-0.05, 0) is 37.3 Å². The highest BCUT2D eigenvalue weighted by Crippen LogP contribution is 2.15. The predicted octanol–water partition coefficient (Wildman–Crippen LogP) is 2.64. The lowest BCUT2D eigenvalue weighted by molar-refractivity contribution is 0.102. The molecule has 0 bridgehead atoms. The minimum atomic E-state index is -0.260. The van der Waals surface area contributed by atoms with Crippen molar-refractivity contribution in [2.75, 3.05) is 17.2 Å². The van der Waals surface area contributed by atoms with E-state index in [-0.39, 0.29) is 5.91 Å². The van der Waals surface area contributed by atoms with Crippen molar-refractivity contribution in [3.05, 3.63) is 53.7 Å². The van der Waals surface area contributed by atoms with Gasteiger partial charge in [0.2, 0.25) is 0 Å². The second-order valence-electron chi connectivity index (χ2n) is 4.08. The maximum Gasteiger partial charge on any atom is 0.259 e. The summed E-state index contributed by atoms with van der Waals surface area (Å²) in [5, 5.41) is 14.6. The van der Waals surface area contributed by atoms with Crippen molar-refractivity contribution in [3.8, 4) is 6.07 Å². The van der Waals surface area contributed by atoms with Gasteiger partial charge >= 0.3 is 0 Å². The Morgan fingerprint density at radius 2 is 2.20 bits per heavy atom. The molecule has 20 heavy (non-hydrogen) atoms. The van der Waals surface area contributed by atoms with Crippen LogP contribution < -0.4 is 10.6 Å². The zero-order valence-electron chi connectivity index (χ0n) is 11.1. The number of rotatable bonds is 4. The molecule has 1 aromatic heterocycles. The molecule has 0 fully saturated rings. The van der Waals surface area contributed by atoms with Crippen LogP contribution in [-0.2, 0) is 0 Å². The predicted molar refractivity (Wildman–Crippen MR) is 77.5 cm³/mol. The molecule has 5 heteroatoms. The lowest BCUT2D eigenvalue weighted by Crippen LogP contribution is -2.15. The molecule has 0 aliphatic heterocycles. The van der Waals surface area contributed by atoms with E-state index in [0.717, 1.165) is 0 Å². The van der Waals surface area contributed by atoms with Gasteiger partial charge in [-0.1, -0.05) is 6.07 Å². The van der Waals surface area contributed by atoms with Gasteiger partial charge < -0.3 is 10.6 Å². The van der Waals surface area contributed by atoms with E-state index >= 15 is 0 Å². The molecule has 0 spiro atoms. The van der Waals surface area contributed by atoms with Crippen LogP contribution in [0.4, 0.5) is 11.5 Å². The van der Waals surface area contributed by atoms with E-state index in [1.54, 1.807) is 42.6 Å². The maximum atomic E-state index is 12.2. The van der Waals surface area contributed by atoms with E-state index in [1.165, 1.54) is 0 Å². The highest BCUT2D eigenvalue weighted by Gasteiger charge is 2.11. The molecule has 0 saturated carbocycles. The summed E-state index contributed by atoms with van der Waals surface area (Å²) in [6.07, 6.45) is 1.63. The van der Waals surface area contributed by atoms with Gasteiger partial charge in [0.1, 0.15) is 5.82 Å². The fourth-order valence-electron chi connectivity index (χ4n) is 1.76. The molecule has 2 N–H and O–H groups in total. The fraction of sp³-hybridized carbons (Fsp3) is 0.133. The monoisotopic (exact) mass is 266 g/mol. The molecule has 1 amide bonds. The summed E-state index contributed by atoms with van der Waals surface area (Å²) in [7, 11) is 0. The minimum Gasteiger partial charge on any atom is -0.370 e. The number of nitrogens with zero attached hydrogens (tertiary/aromatic N) is 2. The summed E-state index contributed by atoms with van der Waals surface area (Å²) < 4.78 is 0. The topological polar surface area (TPSA) is 77.8 Å². The normalized spacial score (nSPS) is 9.60. The third kappa shape index (κ3) is 3.12. The van der Waals surface area contributed by atoms with Gasteiger partial charge in [-0.2, -0.15) is 5.26 Å². The van der Waals surface area contributed by atoms with Gasteiger partial charge in [-0.25, -0.2) is 4.98 Å². The number of anilines is 2. The van der Waals surface area contributed by atoms with Crippen molar-refractivity contribution in [2.24, 2.45) is 0 Å². The first-order valence-corrected chi connectivity index (χ1v) is 6.25. The molecule has 0 aliphatic rings. The second-order valence-corrected chi connectivity index (χ2v) is 4.08. The Labute approximate surface area is 117 Å². The van der Waals surface area contributed by atoms with Gasteiger partial charge in [0.05, 0.1) is 17.2 Å². The zero-order valence-corrected chi connectivity index (χ0v) is 11.1. The number of nitriles is 1. The standard InChI is InChI=1S/C15H14N4O/c1-2-17-14-13(7-4-8-18-14)15(20)19-12-6-3-5-11(9-12)10-16/h3-9H,2H2,1H3,(H,17,18)(H,19,20). The van der Waals surface area contributed by atoms with Crippen LogP contribution in [0.3, 0.4) is 0 Å². The van der Waals surface area contributed by atoms with Gasteiger partial charge in [-0.3, -0.25) is 4.79 Å². The van der Waals surface area contributed by atoms with E-state index < -0.39 is 0 Å². The Morgan fingerprint density at radius 3 is 2.95 bits per heavy atom. The van der Waals surface area contributed by atoms with Crippen molar-refractivity contribution < 1.29 is 4.79 Å². The van der Waals surface area contributed by atoms with Crippen molar-refractivity contribution in [1.82, 2.24) is 4.98 Å². The number of pyridine rings is 1. The molecule has 0 aliphatic carbocycles. The molecule has 2 rings (SSSR count). The SMILES string of the molecule is CCNc1ncccc1C(=O)Nc1cccc(C#N)c1. The molecule has 0 atom stereocenters. The number of hydrogen-bond donors (Lipinski definition) is 2. The molecule has 0 radical (unpaired) electrons. The average molecular weight is 266 g/mol. The first-order valence-electron chi connectivity index (χ1n) is 6.25. The van der Waals surface area contributed by atoms with Crippen LogP contribution in [0.15, 0.2) is 42.6 Å². The Kier molecular flexibility index (Phi) is 4.30. The Bertz CT molecular complexity index is 661. The molecule has 5 nitrogen and oxygen atoms in total. The third-order valence-corrected chi connectivity index (χ3v) is 2.65. The molecule has 1 aromatic carbocycles. The zero-order chi connectivity index (χ0) is 14.4. The lowest BCUT2D eigenvalue weighted by Gasteiger charge is -2.10. The van der Waals surface area contributed by atoms with Gasteiger partial charge in [0, 0.05) is 18.4 Å². The molecule has 0 unspecified atom stereocenters. The van der Waals surface area contributed by atoms with Gasteiger partial charge in [0.15, 0.2) is 0 Å². The summed E-state index contributed by atoms with van der Waals surface area (Å²) in [5.74, 6) is 0.285. The largest absolute Gasteiger partial charge is 0.370 e. The van der Waals surface area contributed by atoms with E-state index in [9.17, 15) is 4.79 Å². The van der Waals surface area contributed by atoms with Gasteiger partial charge in [0.25, 0.3) is 5.91 Å². The molecule has 1 heterocycles. The van der Waals surface area contributed by atoms with Crippen LogP contribution in [0.25, 0.3) is 0 Å². The molecule has 2 aromatic rings. The fourth-order valence-corrected chi connectivity index (χ4v) is 1.76. The number of carbonyl (C=O) groups excluding carboxylic acids is 1. The molecular formula is C15H14N4O. The van der Waals surface area contributed by atoms with Crippen molar-refractivity contribution in [2.45, 2.75) is 6.92 Å². The first-order chi connectivity index (χ1) is 9.74. The Balaban J connectivity index is 2.22. The summed E-state index contributed by atoms with van der Waals surface area (Å²) in [4.78, 5) is 16.4. The highest BCUT2D eigenvalue weighted by atomic mass is 16.1. The highest BCUT2D eigenvalue weighted by molar-refractivity contribution is 6.07. The van der Waals surface area contributed by atoms with Crippen LogP contribution in [0, 0.1) is 11.3 Å². The van der Waals surface area contributed by atoms with Gasteiger partial charge in [-0.15, -0.1) is 0 Å². The van der Waals surface area contributed by atoms with Crippen LogP contribution in [0.2, 0.25) is 0 Å². The Hall–Kier alpha value is -2.87. The summed E-state index contributed by atoms with van der Waals surface area (Å²) in [5.41, 5.74) is 1.55. The second kappa shape index (κ2) is 6.34. The third-order valence-electron chi connectivity index (χ3n) is 2.65.